The molecule has 0 radical (unpaired) electrons. The molecule has 248 valence electrons. The number of aromatic nitrogens is 1. The van der Waals surface area contributed by atoms with E-state index in [4.69, 9.17) is 9.15 Å². The van der Waals surface area contributed by atoms with Gasteiger partial charge in [-0.1, -0.05) is 105 Å². The van der Waals surface area contributed by atoms with Gasteiger partial charge < -0.3 is 29.8 Å². The SMILES string of the molecule is CC(C)CC(NC(=O)OCc1ccccc1)C(=O)N(CCc1nc(C(=O)NCCCc2ccccc2)co1)C(CO)c1ccccc1. The molecule has 4 rings (SSSR count). The Morgan fingerprint density at radius 2 is 1.53 bits per heavy atom. The van der Waals surface area contributed by atoms with Gasteiger partial charge >= 0.3 is 6.09 Å². The standard InChI is InChI=1S/C37H44N4O6/c1-27(2)23-31(40-37(45)47-25-29-15-8-4-9-16-29)36(44)41(33(24-42)30-18-10-5-11-19-30)22-20-34-39-32(26-46-34)35(43)38-21-12-17-28-13-6-3-7-14-28/h3-11,13-16,18-19,26-27,31,33,42H,12,17,20-25H2,1-2H3,(H,38,43)(H,40,45). The van der Waals surface area contributed by atoms with Gasteiger partial charge in [-0.05, 0) is 41.9 Å². The molecule has 1 aromatic heterocycles. The van der Waals surface area contributed by atoms with E-state index in [-0.39, 0.29) is 55.5 Å². The van der Waals surface area contributed by atoms with E-state index >= 15 is 0 Å². The molecule has 1 heterocycles. The summed E-state index contributed by atoms with van der Waals surface area (Å²) in [6, 6.07) is 27.0. The quantitative estimate of drug-likeness (QED) is 0.130. The molecule has 0 bridgehead atoms. The lowest BCUT2D eigenvalue weighted by atomic mass is 10.00. The monoisotopic (exact) mass is 640 g/mol. The maximum absolute atomic E-state index is 14.2. The highest BCUT2D eigenvalue weighted by molar-refractivity contribution is 5.91. The van der Waals surface area contributed by atoms with Crippen molar-refractivity contribution in [3.8, 4) is 0 Å². The lowest BCUT2D eigenvalue weighted by molar-refractivity contribution is -0.137. The van der Waals surface area contributed by atoms with Crippen LogP contribution in [0.2, 0.25) is 0 Å². The van der Waals surface area contributed by atoms with Gasteiger partial charge in [-0.2, -0.15) is 0 Å². The van der Waals surface area contributed by atoms with Crippen LogP contribution in [-0.2, 0) is 29.0 Å². The largest absolute Gasteiger partial charge is 0.448 e. The molecule has 0 fully saturated rings. The minimum Gasteiger partial charge on any atom is -0.448 e. The molecule has 0 saturated carbocycles. The molecule has 3 amide bonds. The summed E-state index contributed by atoms with van der Waals surface area (Å²) in [5, 5.41) is 16.1. The zero-order valence-corrected chi connectivity index (χ0v) is 27.0. The summed E-state index contributed by atoms with van der Waals surface area (Å²) >= 11 is 0. The number of nitrogens with zero attached hydrogens (tertiary/aromatic N) is 2. The Balaban J connectivity index is 1.43. The second-order valence-electron chi connectivity index (χ2n) is 11.8. The molecule has 0 aliphatic carbocycles. The normalized spacial score (nSPS) is 12.3. The predicted octanol–water partition coefficient (Wildman–Crippen LogP) is 5.48. The predicted molar refractivity (Wildman–Crippen MR) is 178 cm³/mol. The fourth-order valence-corrected chi connectivity index (χ4v) is 5.25. The average Bonchev–Trinajstić information content (AvgIpc) is 3.57. The highest BCUT2D eigenvalue weighted by Crippen LogP contribution is 2.23. The Morgan fingerprint density at radius 3 is 2.17 bits per heavy atom. The van der Waals surface area contributed by atoms with E-state index < -0.39 is 18.2 Å². The van der Waals surface area contributed by atoms with Crippen LogP contribution in [0.5, 0.6) is 0 Å². The van der Waals surface area contributed by atoms with Crippen LogP contribution in [0.4, 0.5) is 4.79 Å². The van der Waals surface area contributed by atoms with Crippen LogP contribution in [0, 0.1) is 5.92 Å². The zero-order chi connectivity index (χ0) is 33.4. The number of hydrogen-bond acceptors (Lipinski definition) is 7. The van der Waals surface area contributed by atoms with Gasteiger partial charge in [0.2, 0.25) is 5.91 Å². The number of oxazole rings is 1. The van der Waals surface area contributed by atoms with E-state index in [2.05, 4.69) is 27.8 Å². The summed E-state index contributed by atoms with van der Waals surface area (Å²) in [5.74, 6) is -0.363. The van der Waals surface area contributed by atoms with Crippen LogP contribution < -0.4 is 10.6 Å². The zero-order valence-electron chi connectivity index (χ0n) is 27.0. The van der Waals surface area contributed by atoms with Gasteiger partial charge in [-0.3, -0.25) is 9.59 Å². The number of amides is 3. The topological polar surface area (TPSA) is 134 Å². The van der Waals surface area contributed by atoms with Crippen molar-refractivity contribution in [1.29, 1.82) is 0 Å². The molecule has 2 unspecified atom stereocenters. The smallest absolute Gasteiger partial charge is 0.408 e. The van der Waals surface area contributed by atoms with Gasteiger partial charge in [0.05, 0.1) is 12.6 Å². The van der Waals surface area contributed by atoms with Crippen LogP contribution in [0.3, 0.4) is 0 Å². The molecule has 3 aromatic carbocycles. The number of aryl methyl sites for hydroxylation is 1. The van der Waals surface area contributed by atoms with Crippen LogP contribution in [-0.4, -0.2) is 58.6 Å². The van der Waals surface area contributed by atoms with Gasteiger partial charge in [0, 0.05) is 19.5 Å². The molecule has 0 aliphatic rings. The number of rotatable bonds is 17. The third kappa shape index (κ3) is 11.1. The molecule has 2 atom stereocenters. The number of alkyl carbamates (subject to hydrolysis) is 1. The number of ether oxygens (including phenoxy) is 1. The Bertz CT molecular complexity index is 1530. The number of aliphatic hydroxyl groups is 1. The third-order valence-corrected chi connectivity index (χ3v) is 7.65. The van der Waals surface area contributed by atoms with Crippen molar-refractivity contribution in [3.05, 3.63) is 126 Å². The summed E-state index contributed by atoms with van der Waals surface area (Å²) in [7, 11) is 0. The first-order chi connectivity index (χ1) is 22.8. The van der Waals surface area contributed by atoms with Crippen LogP contribution >= 0.6 is 0 Å². The Hall–Kier alpha value is -4.96. The van der Waals surface area contributed by atoms with Crippen LogP contribution in [0.1, 0.15) is 65.8 Å². The van der Waals surface area contributed by atoms with Crippen LogP contribution in [0.25, 0.3) is 0 Å². The highest BCUT2D eigenvalue weighted by atomic mass is 16.5. The Kier molecular flexibility index (Phi) is 13.6. The van der Waals surface area contributed by atoms with Crippen molar-refractivity contribution >= 4 is 17.9 Å². The Morgan fingerprint density at radius 1 is 0.894 bits per heavy atom. The fourth-order valence-electron chi connectivity index (χ4n) is 5.25. The van der Waals surface area contributed by atoms with Gasteiger partial charge in [0.1, 0.15) is 18.9 Å². The van der Waals surface area contributed by atoms with E-state index in [9.17, 15) is 19.5 Å². The molecular weight excluding hydrogens is 596 g/mol. The molecular formula is C37H44N4O6. The maximum Gasteiger partial charge on any atom is 0.408 e. The van der Waals surface area contributed by atoms with Crippen molar-refractivity contribution in [2.45, 2.75) is 58.2 Å². The molecule has 3 N–H and O–H groups in total. The fraction of sp³-hybridized carbons (Fsp3) is 0.351. The molecule has 10 heteroatoms. The average molecular weight is 641 g/mol. The molecule has 10 nitrogen and oxygen atoms in total. The summed E-state index contributed by atoms with van der Waals surface area (Å²) in [6.45, 7) is 4.26. The molecule has 47 heavy (non-hydrogen) atoms. The molecule has 0 saturated heterocycles. The first kappa shape index (κ1) is 34.9. The van der Waals surface area contributed by atoms with Crippen molar-refractivity contribution in [3.63, 3.8) is 0 Å². The molecule has 0 aliphatic heterocycles. The molecule has 0 spiro atoms. The third-order valence-electron chi connectivity index (χ3n) is 7.65. The van der Waals surface area contributed by atoms with Crippen molar-refractivity contribution < 1.29 is 28.6 Å². The summed E-state index contributed by atoms with van der Waals surface area (Å²) in [5.41, 5.74) is 2.92. The molecule has 4 aromatic rings. The van der Waals surface area contributed by atoms with Gasteiger partial charge in [0.15, 0.2) is 11.6 Å². The number of carbonyl (C=O) groups is 3. The van der Waals surface area contributed by atoms with E-state index in [1.54, 1.807) is 0 Å². The number of benzene rings is 3. The van der Waals surface area contributed by atoms with Gasteiger partial charge in [-0.15, -0.1) is 0 Å². The van der Waals surface area contributed by atoms with Gasteiger partial charge in [-0.25, -0.2) is 9.78 Å². The summed E-state index contributed by atoms with van der Waals surface area (Å²) in [4.78, 5) is 45.6. The Labute approximate surface area is 276 Å². The number of carbonyl (C=O) groups excluding carboxylic acids is 3. The number of aliphatic hydroxyl groups excluding tert-OH is 1. The van der Waals surface area contributed by atoms with E-state index in [0.717, 1.165) is 24.0 Å². The van der Waals surface area contributed by atoms with E-state index in [0.29, 0.717) is 13.0 Å². The first-order valence-corrected chi connectivity index (χ1v) is 16.0. The van der Waals surface area contributed by atoms with Gasteiger partial charge in [0.25, 0.3) is 5.91 Å². The summed E-state index contributed by atoms with van der Waals surface area (Å²) < 4.78 is 11.0. The number of hydrogen-bond donors (Lipinski definition) is 3. The van der Waals surface area contributed by atoms with E-state index in [1.807, 2.05) is 92.7 Å². The second kappa shape index (κ2) is 18.3. The minimum absolute atomic E-state index is 0.0648. The van der Waals surface area contributed by atoms with E-state index in [1.165, 1.54) is 16.7 Å². The minimum atomic E-state index is -0.905. The lowest BCUT2D eigenvalue weighted by Crippen LogP contribution is -2.51. The van der Waals surface area contributed by atoms with Crippen molar-refractivity contribution in [1.82, 2.24) is 20.5 Å². The second-order valence-corrected chi connectivity index (χ2v) is 11.8. The first-order valence-electron chi connectivity index (χ1n) is 16.0. The van der Waals surface area contributed by atoms with Crippen LogP contribution in [0.15, 0.2) is 102 Å². The van der Waals surface area contributed by atoms with Crippen molar-refractivity contribution in [2.24, 2.45) is 5.92 Å². The number of nitrogens with one attached hydrogen (secondary N) is 2. The lowest BCUT2D eigenvalue weighted by Gasteiger charge is -2.34. The highest BCUT2D eigenvalue weighted by Gasteiger charge is 2.32. The summed E-state index contributed by atoms with van der Waals surface area (Å²) in [6.07, 6.45) is 2.77. The maximum atomic E-state index is 14.2. The van der Waals surface area contributed by atoms with Crippen molar-refractivity contribution in [2.75, 3.05) is 19.7 Å².